The number of nitrogens with zero attached hydrogens (tertiary/aromatic N) is 3. The van der Waals surface area contributed by atoms with E-state index < -0.39 is 0 Å². The van der Waals surface area contributed by atoms with Crippen LogP contribution >= 0.6 is 15.9 Å². The Labute approximate surface area is 199 Å². The van der Waals surface area contributed by atoms with Crippen molar-refractivity contribution in [1.82, 2.24) is 14.5 Å². The minimum atomic E-state index is 0.169. The van der Waals surface area contributed by atoms with E-state index >= 15 is 0 Å². The Hall–Kier alpha value is -2.27. The Morgan fingerprint density at radius 3 is 2.69 bits per heavy atom. The molecule has 4 aliphatic carbocycles. The SMILES string of the molecule is CC(N1C2=C(CCC=C2)C2CC(Br)C=CC21)n1c(C2=C(N)CCC=C2)nc2c1CCC=C2. The second-order valence-electron chi connectivity index (χ2n) is 9.58. The molecule has 2 heterocycles. The monoisotopic (exact) mass is 490 g/mol. The minimum absolute atomic E-state index is 0.169. The minimum Gasteiger partial charge on any atom is -0.401 e. The summed E-state index contributed by atoms with van der Waals surface area (Å²) >= 11 is 3.86. The van der Waals surface area contributed by atoms with Crippen molar-refractivity contribution in [1.29, 1.82) is 0 Å². The molecule has 5 heteroatoms. The third-order valence-electron chi connectivity index (χ3n) is 7.73. The van der Waals surface area contributed by atoms with Crippen LogP contribution in [-0.2, 0) is 6.42 Å². The molecule has 0 bridgehead atoms. The van der Waals surface area contributed by atoms with Gasteiger partial charge in [-0.15, -0.1) is 0 Å². The fourth-order valence-corrected chi connectivity index (χ4v) is 6.85. The highest BCUT2D eigenvalue weighted by atomic mass is 79.9. The van der Waals surface area contributed by atoms with Gasteiger partial charge in [0.2, 0.25) is 0 Å². The normalized spacial score (nSPS) is 29.4. The molecule has 1 aliphatic heterocycles. The van der Waals surface area contributed by atoms with Crippen LogP contribution < -0.4 is 5.73 Å². The number of halogens is 1. The average Bonchev–Trinajstić information content (AvgIpc) is 3.35. The Morgan fingerprint density at radius 2 is 1.81 bits per heavy atom. The number of rotatable bonds is 3. The Bertz CT molecular complexity index is 1130. The molecule has 6 rings (SSSR count). The number of hydrogen-bond acceptors (Lipinski definition) is 3. The topological polar surface area (TPSA) is 47.1 Å². The van der Waals surface area contributed by atoms with Gasteiger partial charge in [-0.25, -0.2) is 4.98 Å². The lowest BCUT2D eigenvalue weighted by Crippen LogP contribution is -2.40. The van der Waals surface area contributed by atoms with E-state index in [1.807, 2.05) is 0 Å². The van der Waals surface area contributed by atoms with Crippen LogP contribution in [0.5, 0.6) is 0 Å². The third-order valence-corrected chi connectivity index (χ3v) is 8.41. The van der Waals surface area contributed by atoms with Gasteiger partial charge in [-0.2, -0.15) is 0 Å². The highest BCUT2D eigenvalue weighted by Gasteiger charge is 2.44. The molecule has 4 unspecified atom stereocenters. The van der Waals surface area contributed by atoms with Gasteiger partial charge in [0.05, 0.1) is 11.7 Å². The maximum absolute atomic E-state index is 6.53. The van der Waals surface area contributed by atoms with Gasteiger partial charge in [-0.05, 0) is 69.6 Å². The number of allylic oxidation sites excluding steroid dienone is 8. The first-order valence-corrected chi connectivity index (χ1v) is 13.0. The van der Waals surface area contributed by atoms with Crippen molar-refractivity contribution >= 4 is 27.6 Å². The molecule has 4 nitrogen and oxygen atoms in total. The smallest absolute Gasteiger partial charge is 0.144 e. The van der Waals surface area contributed by atoms with Crippen molar-refractivity contribution in [3.63, 3.8) is 0 Å². The Morgan fingerprint density at radius 1 is 1.03 bits per heavy atom. The van der Waals surface area contributed by atoms with Crippen LogP contribution in [0, 0.1) is 5.92 Å². The molecule has 32 heavy (non-hydrogen) atoms. The number of aromatic nitrogens is 2. The van der Waals surface area contributed by atoms with Gasteiger partial charge >= 0.3 is 0 Å². The molecule has 0 aromatic carbocycles. The average molecular weight is 491 g/mol. The largest absolute Gasteiger partial charge is 0.401 e. The molecule has 0 saturated heterocycles. The molecule has 2 N–H and O–H groups in total. The maximum Gasteiger partial charge on any atom is 0.144 e. The van der Waals surface area contributed by atoms with E-state index in [0.717, 1.165) is 54.9 Å². The van der Waals surface area contributed by atoms with Gasteiger partial charge in [-0.1, -0.05) is 52.4 Å². The molecule has 0 radical (unpaired) electrons. The molecule has 0 amide bonds. The predicted molar refractivity (Wildman–Crippen MR) is 135 cm³/mol. The van der Waals surface area contributed by atoms with E-state index in [1.165, 1.54) is 24.2 Å². The molecule has 5 aliphatic rings. The molecule has 0 spiro atoms. The number of imidazole rings is 1. The van der Waals surface area contributed by atoms with Crippen molar-refractivity contribution in [3.8, 4) is 0 Å². The van der Waals surface area contributed by atoms with Crippen molar-refractivity contribution < 1.29 is 0 Å². The van der Waals surface area contributed by atoms with E-state index in [1.54, 1.807) is 5.57 Å². The van der Waals surface area contributed by atoms with E-state index in [0.29, 0.717) is 16.8 Å². The molecular formula is C27H31BrN4. The highest BCUT2D eigenvalue weighted by Crippen LogP contribution is 2.48. The van der Waals surface area contributed by atoms with Crippen LogP contribution in [-0.4, -0.2) is 25.3 Å². The zero-order valence-corrected chi connectivity index (χ0v) is 20.3. The van der Waals surface area contributed by atoms with E-state index in [4.69, 9.17) is 10.7 Å². The second-order valence-corrected chi connectivity index (χ2v) is 10.8. The first kappa shape index (κ1) is 20.3. The lowest BCUT2D eigenvalue weighted by molar-refractivity contribution is 0.162. The molecular weight excluding hydrogens is 460 g/mol. The summed E-state index contributed by atoms with van der Waals surface area (Å²) in [5.41, 5.74) is 14.1. The molecule has 166 valence electrons. The summed E-state index contributed by atoms with van der Waals surface area (Å²) in [5, 5.41) is 0. The van der Waals surface area contributed by atoms with Crippen LogP contribution in [0.3, 0.4) is 0 Å². The van der Waals surface area contributed by atoms with Gasteiger partial charge < -0.3 is 15.2 Å². The molecule has 1 aromatic heterocycles. The first-order chi connectivity index (χ1) is 15.6. The summed E-state index contributed by atoms with van der Waals surface area (Å²) in [4.78, 5) is 8.27. The highest BCUT2D eigenvalue weighted by molar-refractivity contribution is 9.09. The maximum atomic E-state index is 6.53. The summed E-state index contributed by atoms with van der Waals surface area (Å²) < 4.78 is 2.50. The molecule has 0 fully saturated rings. The van der Waals surface area contributed by atoms with Crippen molar-refractivity contribution in [2.24, 2.45) is 11.7 Å². The van der Waals surface area contributed by atoms with E-state index in [2.05, 4.69) is 80.9 Å². The van der Waals surface area contributed by atoms with Crippen LogP contribution in [0.1, 0.15) is 68.8 Å². The molecule has 0 saturated carbocycles. The van der Waals surface area contributed by atoms with E-state index in [9.17, 15) is 0 Å². The summed E-state index contributed by atoms with van der Waals surface area (Å²) in [6, 6.07) is 0.407. The Kier molecular flexibility index (Phi) is 5.05. The number of fused-ring (bicyclic) bond motifs is 3. The fraction of sp³-hybridized carbons (Fsp3) is 0.444. The van der Waals surface area contributed by atoms with Crippen LogP contribution in [0.15, 0.2) is 59.5 Å². The number of hydrogen-bond donors (Lipinski definition) is 1. The van der Waals surface area contributed by atoms with Crippen molar-refractivity contribution in [3.05, 3.63) is 76.7 Å². The van der Waals surface area contributed by atoms with Gasteiger partial charge in [0.1, 0.15) is 12.0 Å². The van der Waals surface area contributed by atoms with Gasteiger partial charge in [-0.3, -0.25) is 0 Å². The van der Waals surface area contributed by atoms with Crippen LogP contribution in [0.25, 0.3) is 11.6 Å². The van der Waals surface area contributed by atoms with E-state index in [-0.39, 0.29) is 6.17 Å². The number of nitrogens with two attached hydrogens (primary N) is 1. The summed E-state index contributed by atoms with van der Waals surface area (Å²) in [7, 11) is 0. The molecule has 4 atom stereocenters. The zero-order chi connectivity index (χ0) is 21.8. The second kappa shape index (κ2) is 7.95. The molecule has 1 aromatic rings. The summed E-state index contributed by atoms with van der Waals surface area (Å²) in [6.45, 7) is 2.36. The fourth-order valence-electron chi connectivity index (χ4n) is 6.27. The Balaban J connectivity index is 1.50. The lowest BCUT2D eigenvalue weighted by atomic mass is 9.83. The standard InChI is InChI=1S/C27H31BrN4/c1-17(31-24-12-6-3-8-19(24)21-16-18(28)14-15-25(21)31)32-26-13-7-5-11-23(26)30-27(32)20-9-2-4-10-22(20)29/h2,5-6,9,11-12,14-15,17-18,21,25H,3-4,7-8,10,13,16,29H2,1H3. The zero-order valence-electron chi connectivity index (χ0n) is 18.7. The number of alkyl halides is 1. The van der Waals surface area contributed by atoms with Crippen molar-refractivity contribution in [2.75, 3.05) is 0 Å². The third kappa shape index (κ3) is 3.12. The van der Waals surface area contributed by atoms with Crippen LogP contribution in [0.4, 0.5) is 0 Å². The van der Waals surface area contributed by atoms with Gasteiger partial charge in [0.15, 0.2) is 0 Å². The first-order valence-electron chi connectivity index (χ1n) is 12.1. The summed E-state index contributed by atoms with van der Waals surface area (Å²) in [6.07, 6.45) is 26.1. The quantitative estimate of drug-likeness (QED) is 0.416. The summed E-state index contributed by atoms with van der Waals surface area (Å²) in [5.74, 6) is 1.62. The van der Waals surface area contributed by atoms with Crippen molar-refractivity contribution in [2.45, 2.75) is 68.9 Å². The van der Waals surface area contributed by atoms with Gasteiger partial charge in [0, 0.05) is 33.4 Å². The lowest BCUT2D eigenvalue weighted by Gasteiger charge is -2.39. The van der Waals surface area contributed by atoms with Crippen LogP contribution in [0.2, 0.25) is 0 Å². The van der Waals surface area contributed by atoms with Gasteiger partial charge in [0.25, 0.3) is 0 Å². The predicted octanol–water partition coefficient (Wildman–Crippen LogP) is 6.01.